The number of carbonyl (C=O) groups is 2. The van der Waals surface area contributed by atoms with Gasteiger partial charge in [0, 0.05) is 31.1 Å². The Bertz CT molecular complexity index is 860. The Hall–Kier alpha value is -1.76. The van der Waals surface area contributed by atoms with Crippen LogP contribution in [0, 0.1) is 0 Å². The summed E-state index contributed by atoms with van der Waals surface area (Å²) in [4.78, 5) is 24.0. The lowest BCUT2D eigenvalue weighted by Gasteiger charge is -2.13. The number of nitrogens with one attached hydrogen (secondary N) is 2. The Morgan fingerprint density at radius 2 is 2.21 bits per heavy atom. The first-order valence-corrected chi connectivity index (χ1v) is 8.30. The van der Waals surface area contributed by atoms with E-state index in [1.165, 1.54) is 0 Å². The molecular formula is C16H17Cl2N3O3. The minimum atomic E-state index is -0.646. The molecule has 1 aliphatic heterocycles. The number of hydrogen-bond donors (Lipinski definition) is 3. The third kappa shape index (κ3) is 2.55. The number of rotatable bonds is 2. The second-order valence-corrected chi connectivity index (χ2v) is 6.62. The lowest BCUT2D eigenvalue weighted by atomic mass is 9.96. The summed E-state index contributed by atoms with van der Waals surface area (Å²) >= 11 is 12.6. The number of aliphatic hydroxyl groups is 1. The van der Waals surface area contributed by atoms with Crippen LogP contribution in [-0.4, -0.2) is 34.6 Å². The second kappa shape index (κ2) is 6.27. The predicted octanol–water partition coefficient (Wildman–Crippen LogP) is 2.19. The first-order chi connectivity index (χ1) is 11.4. The van der Waals surface area contributed by atoms with Gasteiger partial charge in [-0.05, 0) is 18.6 Å². The fraction of sp³-hybridized carbons (Fsp3) is 0.375. The van der Waals surface area contributed by atoms with E-state index in [9.17, 15) is 9.59 Å². The number of aryl methyl sites for hydroxylation is 1. The molecule has 0 radical (unpaired) electrons. The van der Waals surface area contributed by atoms with E-state index in [1.807, 2.05) is 18.5 Å². The molecule has 3 rings (SSSR count). The normalized spacial score (nSPS) is 17.4. The van der Waals surface area contributed by atoms with Gasteiger partial charge >= 0.3 is 0 Å². The zero-order chi connectivity index (χ0) is 17.6. The zero-order valence-corrected chi connectivity index (χ0v) is 14.8. The van der Waals surface area contributed by atoms with Crippen molar-refractivity contribution in [3.8, 4) is 0 Å². The number of carbonyl (C=O) groups excluding carboxylic acids is 2. The van der Waals surface area contributed by atoms with E-state index in [0.717, 1.165) is 11.3 Å². The lowest BCUT2D eigenvalue weighted by Crippen LogP contribution is -2.27. The first-order valence-electron chi connectivity index (χ1n) is 7.54. The summed E-state index contributed by atoms with van der Waals surface area (Å²) in [5.74, 6) is -1.03. The molecule has 6 nitrogen and oxygen atoms in total. The quantitative estimate of drug-likeness (QED) is 0.758. The summed E-state index contributed by atoms with van der Waals surface area (Å²) < 4.78 is 1.92. The number of nitrogens with zero attached hydrogens (tertiary/aromatic N) is 1. The number of amides is 2. The Labute approximate surface area is 148 Å². The molecule has 0 bridgehead atoms. The number of aliphatic hydroxyl groups excluding tert-OH is 1. The van der Waals surface area contributed by atoms with E-state index in [0.29, 0.717) is 39.6 Å². The number of benzene rings is 1. The minimum Gasteiger partial charge on any atom is -0.387 e. The highest BCUT2D eigenvalue weighted by atomic mass is 35.5. The monoisotopic (exact) mass is 369 g/mol. The van der Waals surface area contributed by atoms with Gasteiger partial charge in [0.05, 0.1) is 27.2 Å². The molecule has 1 aromatic carbocycles. The largest absolute Gasteiger partial charge is 0.387 e. The Morgan fingerprint density at radius 1 is 1.50 bits per heavy atom. The third-order valence-corrected chi connectivity index (χ3v) is 5.20. The van der Waals surface area contributed by atoms with E-state index in [-0.39, 0.29) is 5.91 Å². The van der Waals surface area contributed by atoms with E-state index in [2.05, 4.69) is 10.6 Å². The number of hydrogen-bond acceptors (Lipinski definition) is 3. The van der Waals surface area contributed by atoms with Crippen molar-refractivity contribution >= 4 is 51.6 Å². The molecule has 3 N–H and O–H groups in total. The smallest absolute Gasteiger partial charge is 0.250 e. The van der Waals surface area contributed by atoms with Crippen LogP contribution in [0.2, 0.25) is 10.0 Å². The van der Waals surface area contributed by atoms with E-state index < -0.39 is 18.4 Å². The van der Waals surface area contributed by atoms with Crippen molar-refractivity contribution in [3.63, 3.8) is 0 Å². The minimum absolute atomic E-state index is 0.0771. The van der Waals surface area contributed by atoms with Gasteiger partial charge in [-0.1, -0.05) is 23.2 Å². The Kier molecular flexibility index (Phi) is 4.46. The molecule has 2 aromatic rings. The predicted molar refractivity (Wildman–Crippen MR) is 93.8 cm³/mol. The number of fused-ring (bicyclic) bond motifs is 3. The number of anilines is 1. The Morgan fingerprint density at radius 3 is 2.88 bits per heavy atom. The molecule has 2 heterocycles. The van der Waals surface area contributed by atoms with Crippen LogP contribution in [0.4, 0.5) is 5.69 Å². The highest BCUT2D eigenvalue weighted by Crippen LogP contribution is 2.43. The van der Waals surface area contributed by atoms with Gasteiger partial charge in [0.15, 0.2) is 0 Å². The molecular weight excluding hydrogens is 353 g/mol. The molecule has 128 valence electrons. The van der Waals surface area contributed by atoms with Crippen LogP contribution in [-0.2, 0) is 23.1 Å². The number of aromatic nitrogens is 1. The molecule has 0 saturated heterocycles. The highest BCUT2D eigenvalue weighted by Gasteiger charge is 2.30. The van der Waals surface area contributed by atoms with Crippen LogP contribution in [0.1, 0.15) is 24.1 Å². The molecule has 1 aliphatic rings. The summed E-state index contributed by atoms with van der Waals surface area (Å²) in [5, 5.41) is 15.9. The van der Waals surface area contributed by atoms with Crippen LogP contribution in [0.3, 0.4) is 0 Å². The summed E-state index contributed by atoms with van der Waals surface area (Å²) in [5.41, 5.74) is 2.91. The van der Waals surface area contributed by atoms with Crippen LogP contribution >= 0.6 is 23.2 Å². The third-order valence-electron chi connectivity index (χ3n) is 4.42. The maximum Gasteiger partial charge on any atom is 0.250 e. The first kappa shape index (κ1) is 17.1. The molecule has 0 saturated carbocycles. The van der Waals surface area contributed by atoms with Crippen molar-refractivity contribution in [1.82, 2.24) is 9.88 Å². The van der Waals surface area contributed by atoms with Gasteiger partial charge in [0.2, 0.25) is 11.8 Å². The molecule has 8 heteroatoms. The van der Waals surface area contributed by atoms with Gasteiger partial charge < -0.3 is 20.3 Å². The van der Waals surface area contributed by atoms with Gasteiger partial charge in [-0.15, -0.1) is 0 Å². The lowest BCUT2D eigenvalue weighted by molar-refractivity contribution is -0.122. The maximum absolute atomic E-state index is 12.3. The average molecular weight is 370 g/mol. The van der Waals surface area contributed by atoms with Crippen molar-refractivity contribution < 1.29 is 14.7 Å². The van der Waals surface area contributed by atoms with Crippen LogP contribution in [0.15, 0.2) is 6.07 Å². The molecule has 2 amide bonds. The van der Waals surface area contributed by atoms with Crippen molar-refractivity contribution in [2.24, 2.45) is 7.05 Å². The van der Waals surface area contributed by atoms with Gasteiger partial charge in [0.1, 0.15) is 6.61 Å². The Balaban J connectivity index is 2.39. The average Bonchev–Trinajstić information content (AvgIpc) is 2.75. The van der Waals surface area contributed by atoms with Gasteiger partial charge in [-0.2, -0.15) is 0 Å². The van der Waals surface area contributed by atoms with Crippen molar-refractivity contribution in [3.05, 3.63) is 27.4 Å². The molecule has 0 unspecified atom stereocenters. The molecule has 0 spiro atoms. The summed E-state index contributed by atoms with van der Waals surface area (Å²) in [6.07, 6.45) is 0.651. The standard InChI is InChI=1S/C16H17Cl2N3O3/c1-7-12-10(3-4-19-16(7)24)21(2)15-13(12)9(20-11(23)6-22)5-8(17)14(15)18/h5,7,22H,3-4,6H2,1-2H3,(H,19,24)(H,20,23)/t7-/m0/s1. The molecule has 24 heavy (non-hydrogen) atoms. The summed E-state index contributed by atoms with van der Waals surface area (Å²) in [7, 11) is 1.86. The summed E-state index contributed by atoms with van der Waals surface area (Å²) in [6.45, 7) is 1.70. The van der Waals surface area contributed by atoms with Crippen LogP contribution in [0.25, 0.3) is 10.9 Å². The topological polar surface area (TPSA) is 83.4 Å². The highest BCUT2D eigenvalue weighted by molar-refractivity contribution is 6.46. The van der Waals surface area contributed by atoms with Gasteiger partial charge in [0.25, 0.3) is 0 Å². The SMILES string of the molecule is C[C@@H]1C(=O)NCCc2c1c1c(NC(=O)CO)cc(Cl)c(Cl)c1n2C. The number of halogens is 2. The van der Waals surface area contributed by atoms with Gasteiger partial charge in [-0.3, -0.25) is 9.59 Å². The summed E-state index contributed by atoms with van der Waals surface area (Å²) in [6, 6.07) is 1.55. The van der Waals surface area contributed by atoms with E-state index >= 15 is 0 Å². The van der Waals surface area contributed by atoms with Crippen LogP contribution < -0.4 is 10.6 Å². The molecule has 1 aromatic heterocycles. The van der Waals surface area contributed by atoms with Crippen LogP contribution in [0.5, 0.6) is 0 Å². The van der Waals surface area contributed by atoms with E-state index in [4.69, 9.17) is 28.3 Å². The zero-order valence-electron chi connectivity index (χ0n) is 13.2. The fourth-order valence-electron chi connectivity index (χ4n) is 3.31. The second-order valence-electron chi connectivity index (χ2n) is 5.83. The van der Waals surface area contributed by atoms with Crippen molar-refractivity contribution in [2.45, 2.75) is 19.3 Å². The molecule has 0 fully saturated rings. The molecule has 1 atom stereocenters. The maximum atomic E-state index is 12.3. The fourth-order valence-corrected chi connectivity index (χ4v) is 3.78. The van der Waals surface area contributed by atoms with E-state index in [1.54, 1.807) is 6.07 Å². The van der Waals surface area contributed by atoms with Gasteiger partial charge in [-0.25, -0.2) is 0 Å². The molecule has 0 aliphatic carbocycles. The van der Waals surface area contributed by atoms with Crippen molar-refractivity contribution in [1.29, 1.82) is 0 Å². The van der Waals surface area contributed by atoms with Crippen molar-refractivity contribution in [2.75, 3.05) is 18.5 Å².